The molecular formula is C16H18Br2N2O. The molecule has 0 saturated heterocycles. The molecule has 0 spiro atoms. The van der Waals surface area contributed by atoms with Gasteiger partial charge in [-0.25, -0.2) is 0 Å². The number of hydrogen-bond acceptors (Lipinski definition) is 3. The number of nitrogens with one attached hydrogen (secondary N) is 1. The maximum absolute atomic E-state index is 5.59. The van der Waals surface area contributed by atoms with Gasteiger partial charge in [-0.2, -0.15) is 0 Å². The summed E-state index contributed by atoms with van der Waals surface area (Å²) in [6, 6.07) is 6.19. The molecule has 0 amide bonds. The lowest BCUT2D eigenvalue weighted by Crippen LogP contribution is -2.13. The van der Waals surface area contributed by atoms with Gasteiger partial charge in [0.2, 0.25) is 0 Å². The van der Waals surface area contributed by atoms with Crippen molar-refractivity contribution < 1.29 is 4.74 Å². The molecule has 1 N–H and O–H groups in total. The molecule has 21 heavy (non-hydrogen) atoms. The van der Waals surface area contributed by atoms with Gasteiger partial charge < -0.3 is 10.1 Å². The highest BCUT2D eigenvalue weighted by molar-refractivity contribution is 9.11. The van der Waals surface area contributed by atoms with Gasteiger partial charge in [0.15, 0.2) is 0 Å². The van der Waals surface area contributed by atoms with Gasteiger partial charge in [0, 0.05) is 25.5 Å². The third kappa shape index (κ3) is 4.53. The Morgan fingerprint density at radius 1 is 1.19 bits per heavy atom. The van der Waals surface area contributed by atoms with Crippen molar-refractivity contribution in [2.45, 2.75) is 26.9 Å². The molecule has 1 aromatic heterocycles. The first kappa shape index (κ1) is 16.5. The van der Waals surface area contributed by atoms with Crippen molar-refractivity contribution in [3.8, 4) is 5.75 Å². The minimum absolute atomic E-state index is 0.648. The lowest BCUT2D eigenvalue weighted by atomic mass is 10.1. The van der Waals surface area contributed by atoms with E-state index in [9.17, 15) is 0 Å². The van der Waals surface area contributed by atoms with Crippen LogP contribution in [0.3, 0.4) is 0 Å². The average Bonchev–Trinajstić information content (AvgIpc) is 2.45. The predicted molar refractivity (Wildman–Crippen MR) is 92.5 cm³/mol. The van der Waals surface area contributed by atoms with Gasteiger partial charge in [-0.1, -0.05) is 0 Å². The molecule has 0 radical (unpaired) electrons. The van der Waals surface area contributed by atoms with Gasteiger partial charge in [0.1, 0.15) is 5.75 Å². The molecule has 5 heteroatoms. The maximum atomic E-state index is 5.59. The molecule has 0 unspecified atom stereocenters. The Hall–Kier alpha value is -0.910. The third-order valence-electron chi connectivity index (χ3n) is 3.14. The summed E-state index contributed by atoms with van der Waals surface area (Å²) in [7, 11) is 0. The number of aryl methyl sites for hydroxylation is 1. The van der Waals surface area contributed by atoms with Gasteiger partial charge in [-0.3, -0.25) is 4.98 Å². The number of pyridine rings is 1. The summed E-state index contributed by atoms with van der Waals surface area (Å²) in [5, 5.41) is 3.44. The summed E-state index contributed by atoms with van der Waals surface area (Å²) < 4.78 is 7.52. The number of rotatable bonds is 6. The smallest absolute Gasteiger partial charge is 0.147 e. The number of benzene rings is 1. The molecule has 2 aromatic rings. The molecule has 2 rings (SSSR count). The van der Waals surface area contributed by atoms with Gasteiger partial charge in [0.05, 0.1) is 15.6 Å². The summed E-state index contributed by atoms with van der Waals surface area (Å²) in [6.07, 6.45) is 3.73. The van der Waals surface area contributed by atoms with E-state index in [1.807, 2.05) is 25.4 Å². The molecule has 1 aromatic carbocycles. The fourth-order valence-corrected chi connectivity index (χ4v) is 3.53. The van der Waals surface area contributed by atoms with Gasteiger partial charge >= 0.3 is 0 Å². The standard InChI is InChI=1S/C16H18Br2N2O/c1-3-21-16-14(17)6-12(7-15(16)18)8-20-10-13-9-19-5-4-11(13)2/h4-7,9,20H,3,8,10H2,1-2H3. The molecule has 0 aliphatic carbocycles. The molecule has 1 heterocycles. The third-order valence-corrected chi connectivity index (χ3v) is 4.32. The van der Waals surface area contributed by atoms with Crippen LogP contribution in [0.5, 0.6) is 5.75 Å². The molecule has 112 valence electrons. The van der Waals surface area contributed by atoms with Crippen LogP contribution in [0, 0.1) is 6.92 Å². The molecule has 0 aliphatic heterocycles. The largest absolute Gasteiger partial charge is 0.492 e. The van der Waals surface area contributed by atoms with Crippen LogP contribution in [0.4, 0.5) is 0 Å². The van der Waals surface area contributed by atoms with E-state index in [-0.39, 0.29) is 0 Å². The van der Waals surface area contributed by atoms with Gasteiger partial charge in [-0.15, -0.1) is 0 Å². The fraction of sp³-hybridized carbons (Fsp3) is 0.312. The summed E-state index contributed by atoms with van der Waals surface area (Å²) in [5.41, 5.74) is 3.67. The Morgan fingerprint density at radius 3 is 2.52 bits per heavy atom. The van der Waals surface area contributed by atoms with Crippen molar-refractivity contribution in [2.24, 2.45) is 0 Å². The molecular weight excluding hydrogens is 396 g/mol. The van der Waals surface area contributed by atoms with Crippen molar-refractivity contribution in [3.05, 3.63) is 56.2 Å². The number of nitrogens with zero attached hydrogens (tertiary/aromatic N) is 1. The molecule has 0 fully saturated rings. The van der Waals surface area contributed by atoms with Gasteiger partial charge in [0.25, 0.3) is 0 Å². The minimum atomic E-state index is 0.648. The number of aromatic nitrogens is 1. The quantitative estimate of drug-likeness (QED) is 0.751. The molecule has 0 aliphatic rings. The van der Waals surface area contributed by atoms with Crippen LogP contribution in [-0.2, 0) is 13.1 Å². The minimum Gasteiger partial charge on any atom is -0.492 e. The second-order valence-corrected chi connectivity index (χ2v) is 6.44. The molecule has 0 saturated carbocycles. The first-order valence-electron chi connectivity index (χ1n) is 6.82. The lowest BCUT2D eigenvalue weighted by Gasteiger charge is -2.12. The Kier molecular flexibility index (Phi) is 6.21. The summed E-state index contributed by atoms with van der Waals surface area (Å²) in [6.45, 7) is 6.32. The highest BCUT2D eigenvalue weighted by Crippen LogP contribution is 2.34. The van der Waals surface area contributed by atoms with E-state index in [1.165, 1.54) is 16.7 Å². The average molecular weight is 414 g/mol. The van der Waals surface area contributed by atoms with E-state index in [0.29, 0.717) is 6.61 Å². The summed E-state index contributed by atoms with van der Waals surface area (Å²) in [5.74, 6) is 0.851. The predicted octanol–water partition coefficient (Wildman–Crippen LogP) is 4.60. The van der Waals surface area contributed by atoms with Crippen LogP contribution >= 0.6 is 31.9 Å². The fourth-order valence-electron chi connectivity index (χ4n) is 2.02. The Morgan fingerprint density at radius 2 is 1.90 bits per heavy atom. The van der Waals surface area contributed by atoms with E-state index >= 15 is 0 Å². The topological polar surface area (TPSA) is 34.1 Å². The second kappa shape index (κ2) is 7.92. The van der Waals surface area contributed by atoms with Gasteiger partial charge in [-0.05, 0) is 80.6 Å². The highest BCUT2D eigenvalue weighted by Gasteiger charge is 2.08. The number of hydrogen-bond donors (Lipinski definition) is 1. The van der Waals surface area contributed by atoms with E-state index in [0.717, 1.165) is 27.8 Å². The normalized spacial score (nSPS) is 10.7. The monoisotopic (exact) mass is 412 g/mol. The first-order chi connectivity index (χ1) is 10.1. The molecule has 0 bridgehead atoms. The van der Waals surface area contributed by atoms with E-state index in [1.54, 1.807) is 0 Å². The van der Waals surface area contributed by atoms with Crippen LogP contribution < -0.4 is 10.1 Å². The van der Waals surface area contributed by atoms with Crippen LogP contribution in [0.15, 0.2) is 39.5 Å². The van der Waals surface area contributed by atoms with Crippen LogP contribution in [0.1, 0.15) is 23.6 Å². The van der Waals surface area contributed by atoms with Crippen molar-refractivity contribution >= 4 is 31.9 Å². The lowest BCUT2D eigenvalue weighted by molar-refractivity contribution is 0.336. The summed E-state index contributed by atoms with van der Waals surface area (Å²) >= 11 is 7.11. The van der Waals surface area contributed by atoms with E-state index in [2.05, 4.69) is 61.2 Å². The zero-order valence-corrected chi connectivity index (χ0v) is 15.3. The summed E-state index contributed by atoms with van der Waals surface area (Å²) in [4.78, 5) is 4.16. The van der Waals surface area contributed by atoms with Crippen molar-refractivity contribution in [2.75, 3.05) is 6.61 Å². The zero-order chi connectivity index (χ0) is 15.2. The maximum Gasteiger partial charge on any atom is 0.147 e. The zero-order valence-electron chi connectivity index (χ0n) is 12.1. The Labute approximate surface area is 142 Å². The van der Waals surface area contributed by atoms with E-state index in [4.69, 9.17) is 4.74 Å². The SMILES string of the molecule is CCOc1c(Br)cc(CNCc2cnccc2C)cc1Br. The first-order valence-corrected chi connectivity index (χ1v) is 8.41. The van der Waals surface area contributed by atoms with E-state index < -0.39 is 0 Å². The van der Waals surface area contributed by atoms with Crippen molar-refractivity contribution in [1.82, 2.24) is 10.3 Å². The molecule has 0 atom stereocenters. The highest BCUT2D eigenvalue weighted by atomic mass is 79.9. The number of ether oxygens (including phenoxy) is 1. The van der Waals surface area contributed by atoms with Crippen molar-refractivity contribution in [1.29, 1.82) is 0 Å². The van der Waals surface area contributed by atoms with Crippen LogP contribution in [0.25, 0.3) is 0 Å². The van der Waals surface area contributed by atoms with Crippen LogP contribution in [-0.4, -0.2) is 11.6 Å². The Bertz CT molecular complexity index is 594. The number of halogens is 2. The van der Waals surface area contributed by atoms with Crippen LogP contribution in [0.2, 0.25) is 0 Å². The van der Waals surface area contributed by atoms with Crippen molar-refractivity contribution in [3.63, 3.8) is 0 Å². The molecule has 3 nitrogen and oxygen atoms in total. The second-order valence-electron chi connectivity index (χ2n) is 4.73. The Balaban J connectivity index is 1.99.